The number of aliphatic carboxylic acids is 1. The van der Waals surface area contributed by atoms with Gasteiger partial charge in [-0.05, 0) is 39.2 Å². The van der Waals surface area contributed by atoms with Crippen LogP contribution in [0.25, 0.3) is 0 Å². The van der Waals surface area contributed by atoms with Crippen molar-refractivity contribution in [3.05, 3.63) is 35.9 Å². The predicted octanol–water partition coefficient (Wildman–Crippen LogP) is 3.43. The highest BCUT2D eigenvalue weighted by Crippen LogP contribution is 2.43. The van der Waals surface area contributed by atoms with Crippen LogP contribution in [0.5, 0.6) is 0 Å². The minimum Gasteiger partial charge on any atom is -0.481 e. The fourth-order valence-electron chi connectivity index (χ4n) is 3.27. The van der Waals surface area contributed by atoms with Crippen LogP contribution in [0, 0.1) is 0 Å². The summed E-state index contributed by atoms with van der Waals surface area (Å²) in [7, 11) is 0. The Morgan fingerprint density at radius 1 is 1.18 bits per heavy atom. The number of likely N-dealkylation sites (tertiary alicyclic amines) is 1. The molecule has 0 aromatic heterocycles. The lowest BCUT2D eigenvalue weighted by Gasteiger charge is -2.40. The van der Waals surface area contributed by atoms with E-state index in [1.165, 1.54) is 0 Å². The summed E-state index contributed by atoms with van der Waals surface area (Å²) in [5.74, 6) is -0.902. The largest absolute Gasteiger partial charge is 0.481 e. The topological polar surface area (TPSA) is 66.8 Å². The van der Waals surface area contributed by atoms with Crippen molar-refractivity contribution in [1.82, 2.24) is 4.90 Å². The zero-order valence-electron chi connectivity index (χ0n) is 13.3. The van der Waals surface area contributed by atoms with Crippen LogP contribution in [-0.2, 0) is 16.1 Å². The maximum atomic E-state index is 12.5. The summed E-state index contributed by atoms with van der Waals surface area (Å²) in [4.78, 5) is 25.3. The Balaban J connectivity index is 2.11. The zero-order valence-corrected chi connectivity index (χ0v) is 13.3. The maximum Gasteiger partial charge on any atom is 0.411 e. The van der Waals surface area contributed by atoms with Crippen molar-refractivity contribution in [2.24, 2.45) is 0 Å². The fraction of sp³-hybridized carbons (Fsp3) is 0.529. The van der Waals surface area contributed by atoms with E-state index < -0.39 is 23.1 Å². The van der Waals surface area contributed by atoms with Crippen molar-refractivity contribution in [2.45, 2.75) is 57.7 Å². The molecule has 22 heavy (non-hydrogen) atoms. The van der Waals surface area contributed by atoms with Crippen LogP contribution < -0.4 is 0 Å². The van der Waals surface area contributed by atoms with E-state index in [-0.39, 0.29) is 13.0 Å². The Labute approximate surface area is 130 Å². The summed E-state index contributed by atoms with van der Waals surface area (Å²) in [6, 6.07) is 9.45. The number of nitrogens with zero attached hydrogens (tertiary/aromatic N) is 1. The smallest absolute Gasteiger partial charge is 0.411 e. The van der Waals surface area contributed by atoms with Gasteiger partial charge in [-0.1, -0.05) is 30.3 Å². The third-order valence-corrected chi connectivity index (χ3v) is 4.34. The first-order chi connectivity index (χ1) is 10.2. The van der Waals surface area contributed by atoms with Gasteiger partial charge in [0.25, 0.3) is 0 Å². The molecular weight excluding hydrogens is 282 g/mol. The molecule has 120 valence electrons. The second kappa shape index (κ2) is 5.99. The van der Waals surface area contributed by atoms with Crippen LogP contribution in [0.2, 0.25) is 0 Å². The molecule has 0 bridgehead atoms. The minimum absolute atomic E-state index is 0.0726. The molecule has 0 spiro atoms. The quantitative estimate of drug-likeness (QED) is 0.925. The van der Waals surface area contributed by atoms with Crippen molar-refractivity contribution in [3.63, 3.8) is 0 Å². The van der Waals surface area contributed by atoms with E-state index in [9.17, 15) is 9.59 Å². The van der Waals surface area contributed by atoms with Gasteiger partial charge in [0, 0.05) is 5.54 Å². The highest BCUT2D eigenvalue weighted by Gasteiger charge is 2.51. The number of carbonyl (C=O) groups is 2. The van der Waals surface area contributed by atoms with Crippen LogP contribution in [0.4, 0.5) is 4.79 Å². The number of ether oxygens (including phenoxy) is 1. The number of rotatable bonds is 4. The lowest BCUT2D eigenvalue weighted by Crippen LogP contribution is -2.54. The van der Waals surface area contributed by atoms with E-state index in [0.717, 1.165) is 12.0 Å². The van der Waals surface area contributed by atoms with E-state index in [0.29, 0.717) is 6.42 Å². The second-order valence-corrected chi connectivity index (χ2v) is 6.76. The Bertz CT molecular complexity index is 555. The third-order valence-electron chi connectivity index (χ3n) is 4.34. The first-order valence-electron chi connectivity index (χ1n) is 7.47. The summed E-state index contributed by atoms with van der Waals surface area (Å²) < 4.78 is 5.42. The molecule has 0 aliphatic carbocycles. The van der Waals surface area contributed by atoms with Crippen LogP contribution in [0.1, 0.15) is 45.6 Å². The van der Waals surface area contributed by atoms with Crippen LogP contribution in [0.3, 0.4) is 0 Å². The number of benzene rings is 1. The molecule has 1 unspecified atom stereocenters. The number of carboxylic acid groups (broad SMARTS) is 1. The molecule has 1 N–H and O–H groups in total. The Hall–Kier alpha value is -2.04. The number of amides is 1. The van der Waals surface area contributed by atoms with E-state index in [1.807, 2.05) is 51.1 Å². The second-order valence-electron chi connectivity index (χ2n) is 6.76. The molecule has 0 saturated carbocycles. The molecule has 1 aromatic rings. The molecule has 5 heteroatoms. The number of hydrogen-bond acceptors (Lipinski definition) is 3. The number of hydrogen-bond donors (Lipinski definition) is 1. The molecule has 1 aliphatic heterocycles. The minimum atomic E-state index is -0.902. The number of carbonyl (C=O) groups excluding carboxylic acids is 1. The molecule has 0 radical (unpaired) electrons. The van der Waals surface area contributed by atoms with Crippen molar-refractivity contribution >= 4 is 12.1 Å². The summed E-state index contributed by atoms with van der Waals surface area (Å²) in [6.45, 7) is 5.91. The van der Waals surface area contributed by atoms with E-state index >= 15 is 0 Å². The van der Waals surface area contributed by atoms with Gasteiger partial charge in [-0.3, -0.25) is 9.69 Å². The van der Waals surface area contributed by atoms with Crippen LogP contribution in [-0.4, -0.2) is 33.1 Å². The van der Waals surface area contributed by atoms with Crippen LogP contribution in [0.15, 0.2) is 30.3 Å². The Kier molecular flexibility index (Phi) is 4.44. The molecule has 1 aromatic carbocycles. The van der Waals surface area contributed by atoms with Gasteiger partial charge in [0.05, 0.1) is 12.0 Å². The molecule has 1 saturated heterocycles. The molecule has 5 nitrogen and oxygen atoms in total. The van der Waals surface area contributed by atoms with Gasteiger partial charge in [0.1, 0.15) is 6.61 Å². The average Bonchev–Trinajstić information content (AvgIpc) is 2.66. The van der Waals surface area contributed by atoms with Crippen molar-refractivity contribution in [3.8, 4) is 0 Å². The molecule has 1 aliphatic rings. The van der Waals surface area contributed by atoms with Crippen LogP contribution >= 0.6 is 0 Å². The Morgan fingerprint density at radius 3 is 2.41 bits per heavy atom. The van der Waals surface area contributed by atoms with E-state index in [4.69, 9.17) is 9.84 Å². The normalized spacial score (nSPS) is 23.3. The monoisotopic (exact) mass is 305 g/mol. The molecule has 1 fully saturated rings. The zero-order chi connectivity index (χ0) is 16.4. The van der Waals surface area contributed by atoms with Gasteiger partial charge >= 0.3 is 12.1 Å². The average molecular weight is 305 g/mol. The standard InChI is InChI=1S/C17H23NO4/c1-16(2)9-10-17(3,11-14(19)20)18(16)15(21)22-12-13-7-5-4-6-8-13/h4-8H,9-12H2,1-3H3,(H,19,20). The number of carboxylic acids is 1. The van der Waals surface area contributed by atoms with Gasteiger partial charge in [-0.2, -0.15) is 0 Å². The summed E-state index contributed by atoms with van der Waals surface area (Å²) >= 11 is 0. The summed E-state index contributed by atoms with van der Waals surface area (Å²) in [5, 5.41) is 9.14. The molecule has 2 rings (SSSR count). The highest BCUT2D eigenvalue weighted by molar-refractivity contribution is 5.74. The molecule has 1 amide bonds. The highest BCUT2D eigenvalue weighted by atomic mass is 16.6. The SMILES string of the molecule is CC1(C)CCC(C)(CC(=O)O)N1C(=O)OCc1ccccc1. The van der Waals surface area contributed by atoms with Gasteiger partial charge in [0.15, 0.2) is 0 Å². The van der Waals surface area contributed by atoms with Crippen molar-refractivity contribution in [2.75, 3.05) is 0 Å². The fourth-order valence-corrected chi connectivity index (χ4v) is 3.27. The maximum absolute atomic E-state index is 12.5. The van der Waals surface area contributed by atoms with Crippen molar-refractivity contribution in [1.29, 1.82) is 0 Å². The summed E-state index contributed by atoms with van der Waals surface area (Å²) in [6.07, 6.45) is 0.899. The lowest BCUT2D eigenvalue weighted by atomic mass is 9.95. The predicted molar refractivity (Wildman–Crippen MR) is 82.4 cm³/mol. The Morgan fingerprint density at radius 2 is 1.82 bits per heavy atom. The van der Waals surface area contributed by atoms with E-state index in [2.05, 4.69) is 0 Å². The third kappa shape index (κ3) is 3.40. The summed E-state index contributed by atoms with van der Waals surface area (Å²) in [5.41, 5.74) is -0.200. The van der Waals surface area contributed by atoms with Gasteiger partial charge in [-0.25, -0.2) is 4.79 Å². The van der Waals surface area contributed by atoms with Gasteiger partial charge in [-0.15, -0.1) is 0 Å². The van der Waals surface area contributed by atoms with Gasteiger partial charge in [0.2, 0.25) is 0 Å². The first kappa shape index (κ1) is 16.3. The van der Waals surface area contributed by atoms with Gasteiger partial charge < -0.3 is 9.84 Å². The van der Waals surface area contributed by atoms with E-state index in [1.54, 1.807) is 4.90 Å². The molecule has 1 heterocycles. The first-order valence-corrected chi connectivity index (χ1v) is 7.47. The molecular formula is C17H23NO4. The molecule has 1 atom stereocenters. The lowest BCUT2D eigenvalue weighted by molar-refractivity contribution is -0.139. The van der Waals surface area contributed by atoms with Crippen molar-refractivity contribution < 1.29 is 19.4 Å².